The lowest BCUT2D eigenvalue weighted by atomic mass is 10.1. The van der Waals surface area contributed by atoms with Crippen molar-refractivity contribution in [3.63, 3.8) is 0 Å². The number of hydrogen-bond acceptors (Lipinski definition) is 9. The molecule has 0 radical (unpaired) electrons. The highest BCUT2D eigenvalue weighted by Crippen LogP contribution is 2.26. The minimum Gasteiger partial charge on any atom is -0.508 e. The van der Waals surface area contributed by atoms with E-state index in [-0.39, 0.29) is 11.7 Å². The van der Waals surface area contributed by atoms with Crippen LogP contribution >= 0.6 is 0 Å². The summed E-state index contributed by atoms with van der Waals surface area (Å²) in [6.07, 6.45) is 5.89. The van der Waals surface area contributed by atoms with Gasteiger partial charge in [-0.05, 0) is 42.7 Å². The molecule has 5 heterocycles. The lowest BCUT2D eigenvalue weighted by molar-refractivity contribution is -0.127. The third-order valence-corrected chi connectivity index (χ3v) is 7.23. The number of ether oxygens (including phenoxy) is 1. The van der Waals surface area contributed by atoms with Crippen LogP contribution in [0.25, 0.3) is 22.6 Å². The topological polar surface area (TPSA) is 122 Å². The fourth-order valence-electron chi connectivity index (χ4n) is 5.01. The smallest absolute Gasteiger partial charge is 0.222 e. The van der Waals surface area contributed by atoms with Crippen molar-refractivity contribution < 1.29 is 14.6 Å². The molecule has 202 valence electrons. The van der Waals surface area contributed by atoms with Gasteiger partial charge in [-0.1, -0.05) is 12.1 Å². The summed E-state index contributed by atoms with van der Waals surface area (Å²) in [6, 6.07) is 11.2. The minimum absolute atomic E-state index is 0.206. The average Bonchev–Trinajstić information content (AvgIpc) is 3.59. The van der Waals surface area contributed by atoms with Crippen molar-refractivity contribution in [2.75, 3.05) is 56.2 Å². The number of phenols is 1. The highest BCUT2D eigenvalue weighted by molar-refractivity contribution is 5.85. The summed E-state index contributed by atoms with van der Waals surface area (Å²) >= 11 is 0. The Balaban J connectivity index is 1.27. The summed E-state index contributed by atoms with van der Waals surface area (Å²) in [5.41, 5.74) is 3.33. The van der Waals surface area contributed by atoms with Crippen molar-refractivity contribution in [1.29, 1.82) is 0 Å². The van der Waals surface area contributed by atoms with Gasteiger partial charge in [0.2, 0.25) is 5.91 Å². The number of fused-ring (bicyclic) bond motifs is 1. The van der Waals surface area contributed by atoms with Crippen LogP contribution in [-0.4, -0.2) is 86.4 Å². The van der Waals surface area contributed by atoms with Crippen molar-refractivity contribution in [3.05, 3.63) is 54.5 Å². The highest BCUT2D eigenvalue weighted by Gasteiger charge is 2.21. The number of nitrogens with one attached hydrogen (secondary N) is 1. The number of likely N-dealkylation sites (tertiary alicyclic amines) is 1. The van der Waals surface area contributed by atoms with E-state index in [1.807, 2.05) is 39.9 Å². The molecule has 2 N–H and O–H groups in total. The third kappa shape index (κ3) is 5.63. The van der Waals surface area contributed by atoms with Gasteiger partial charge in [-0.3, -0.25) is 4.79 Å². The molecule has 0 aliphatic carbocycles. The second-order valence-corrected chi connectivity index (χ2v) is 9.84. The Bertz CT molecular complexity index is 1430. The molecule has 0 unspecified atom stereocenters. The van der Waals surface area contributed by atoms with Gasteiger partial charge in [-0.25, -0.2) is 19.9 Å². The number of aromatic nitrogens is 5. The molecule has 39 heavy (non-hydrogen) atoms. The molecule has 1 aromatic carbocycles. The number of morpholine rings is 1. The van der Waals surface area contributed by atoms with E-state index >= 15 is 0 Å². The predicted octanol–water partition coefficient (Wildman–Crippen LogP) is 2.71. The quantitative estimate of drug-likeness (QED) is 0.338. The van der Waals surface area contributed by atoms with E-state index < -0.39 is 0 Å². The first-order valence-electron chi connectivity index (χ1n) is 13.5. The average molecular weight is 529 g/mol. The van der Waals surface area contributed by atoms with Gasteiger partial charge in [0.25, 0.3) is 0 Å². The number of imidazole rings is 1. The largest absolute Gasteiger partial charge is 0.508 e. The fourth-order valence-corrected chi connectivity index (χ4v) is 5.01. The monoisotopic (exact) mass is 528 g/mol. The van der Waals surface area contributed by atoms with Crippen LogP contribution in [0.15, 0.2) is 48.9 Å². The van der Waals surface area contributed by atoms with E-state index in [2.05, 4.69) is 20.2 Å². The Hall–Kier alpha value is -4.25. The van der Waals surface area contributed by atoms with Gasteiger partial charge < -0.3 is 29.5 Å². The molecule has 2 saturated heterocycles. The van der Waals surface area contributed by atoms with Crippen LogP contribution in [0.4, 0.5) is 11.6 Å². The number of nitrogens with zero attached hydrogens (tertiary/aromatic N) is 7. The molecule has 11 nitrogen and oxygen atoms in total. The van der Waals surface area contributed by atoms with E-state index in [0.29, 0.717) is 56.4 Å². The third-order valence-electron chi connectivity index (χ3n) is 7.23. The predicted molar refractivity (Wildman–Crippen MR) is 148 cm³/mol. The van der Waals surface area contributed by atoms with Gasteiger partial charge in [0.15, 0.2) is 17.3 Å². The van der Waals surface area contributed by atoms with Crippen molar-refractivity contribution in [3.8, 4) is 17.1 Å². The molecule has 1 amide bonds. The number of carbonyl (C=O) groups is 1. The molecular weight excluding hydrogens is 496 g/mol. The first kappa shape index (κ1) is 25.1. The van der Waals surface area contributed by atoms with E-state index in [1.165, 1.54) is 0 Å². The molecule has 2 aliphatic heterocycles. The van der Waals surface area contributed by atoms with Gasteiger partial charge >= 0.3 is 0 Å². The van der Waals surface area contributed by atoms with Gasteiger partial charge in [-0.2, -0.15) is 0 Å². The zero-order chi connectivity index (χ0) is 26.6. The normalized spacial score (nSPS) is 15.8. The molecule has 3 aromatic heterocycles. The van der Waals surface area contributed by atoms with Crippen molar-refractivity contribution >= 4 is 28.7 Å². The lowest BCUT2D eigenvalue weighted by Gasteiger charge is -2.27. The Labute approximate surface area is 226 Å². The maximum atomic E-state index is 12.1. The summed E-state index contributed by atoms with van der Waals surface area (Å²) in [5, 5.41) is 13.0. The highest BCUT2D eigenvalue weighted by atomic mass is 16.5. The number of hydrogen-bond donors (Lipinski definition) is 2. The fraction of sp³-hybridized carbons (Fsp3) is 0.393. The summed E-state index contributed by atoms with van der Waals surface area (Å²) < 4.78 is 7.45. The van der Waals surface area contributed by atoms with Crippen LogP contribution in [0.3, 0.4) is 0 Å². The molecule has 11 heteroatoms. The zero-order valence-corrected chi connectivity index (χ0v) is 21.8. The van der Waals surface area contributed by atoms with Crippen LogP contribution in [0.1, 0.15) is 18.4 Å². The van der Waals surface area contributed by atoms with Crippen LogP contribution < -0.4 is 10.2 Å². The molecule has 0 bridgehead atoms. The maximum Gasteiger partial charge on any atom is 0.222 e. The summed E-state index contributed by atoms with van der Waals surface area (Å²) in [7, 11) is 0. The number of phenolic OH excluding ortho intramolecular Hbond substituents is 1. The number of anilines is 2. The van der Waals surface area contributed by atoms with Crippen molar-refractivity contribution in [2.45, 2.75) is 25.8 Å². The first-order chi connectivity index (χ1) is 19.1. The number of aromatic hydroxyl groups is 1. The number of rotatable bonds is 9. The van der Waals surface area contributed by atoms with Crippen LogP contribution in [-0.2, 0) is 22.5 Å². The molecular formula is C28H32N8O3. The maximum absolute atomic E-state index is 12.1. The molecule has 0 saturated carbocycles. The first-order valence-corrected chi connectivity index (χ1v) is 13.5. The second kappa shape index (κ2) is 11.2. The Kier molecular flexibility index (Phi) is 7.22. The van der Waals surface area contributed by atoms with Gasteiger partial charge in [0, 0.05) is 57.4 Å². The molecule has 0 atom stereocenters. The molecule has 4 aromatic rings. The summed E-state index contributed by atoms with van der Waals surface area (Å²) in [6.45, 7) is 5.73. The number of carbonyl (C=O) groups excluding carboxylic acids is 1. The van der Waals surface area contributed by atoms with Crippen LogP contribution in [0, 0.1) is 0 Å². The molecule has 0 spiro atoms. The number of amides is 1. The van der Waals surface area contributed by atoms with Gasteiger partial charge in [-0.15, -0.1) is 0 Å². The number of benzene rings is 1. The van der Waals surface area contributed by atoms with Gasteiger partial charge in [0.05, 0.1) is 19.5 Å². The Morgan fingerprint density at radius 1 is 0.974 bits per heavy atom. The van der Waals surface area contributed by atoms with Crippen molar-refractivity contribution in [1.82, 2.24) is 29.4 Å². The van der Waals surface area contributed by atoms with Crippen LogP contribution in [0.2, 0.25) is 0 Å². The molecule has 2 fully saturated rings. The summed E-state index contributed by atoms with van der Waals surface area (Å²) in [5.74, 6) is 2.59. The molecule has 6 rings (SSSR count). The standard InChI is InChI=1S/C28H32N8O3/c37-22-6-3-20(4-7-22)9-10-29-27-25-28(36(19-31-25)13-12-35-11-1-2-24(35)38)33-26(32-27)21-5-8-23(30-18-21)34-14-16-39-17-15-34/h3-8,18-19,37H,1-2,9-17H2,(H,29,32,33). The Morgan fingerprint density at radius 3 is 2.56 bits per heavy atom. The van der Waals surface area contributed by atoms with E-state index in [4.69, 9.17) is 14.7 Å². The SMILES string of the molecule is O=C1CCCN1CCn1cnc2c(NCCc3ccc(O)cc3)nc(-c3ccc(N4CCOCC4)nc3)nc21. The number of pyridine rings is 1. The zero-order valence-electron chi connectivity index (χ0n) is 21.8. The second-order valence-electron chi connectivity index (χ2n) is 9.84. The van der Waals surface area contributed by atoms with E-state index in [1.54, 1.807) is 18.5 Å². The Morgan fingerprint density at radius 2 is 1.82 bits per heavy atom. The van der Waals surface area contributed by atoms with Crippen molar-refractivity contribution in [2.24, 2.45) is 0 Å². The van der Waals surface area contributed by atoms with Crippen LogP contribution in [0.5, 0.6) is 5.75 Å². The van der Waals surface area contributed by atoms with Gasteiger partial charge in [0.1, 0.15) is 17.1 Å². The molecule has 2 aliphatic rings. The minimum atomic E-state index is 0.206. The van der Waals surface area contributed by atoms with E-state index in [0.717, 1.165) is 55.1 Å². The summed E-state index contributed by atoms with van der Waals surface area (Å²) in [4.78, 5) is 35.3. The van der Waals surface area contributed by atoms with E-state index in [9.17, 15) is 9.90 Å². The lowest BCUT2D eigenvalue weighted by Crippen LogP contribution is -2.36.